The van der Waals surface area contributed by atoms with Crippen molar-refractivity contribution < 1.29 is 9.90 Å². The molecule has 0 heterocycles. The maximum Gasteiger partial charge on any atom is 0.304 e. The summed E-state index contributed by atoms with van der Waals surface area (Å²) in [5, 5.41) is 8.13. The minimum atomic E-state index is -0.836. The highest BCUT2D eigenvalue weighted by Crippen LogP contribution is 2.00. The normalized spacial score (nSPS) is 15.1. The van der Waals surface area contributed by atoms with Crippen LogP contribution in [-0.2, 0) is 4.79 Å². The molecule has 0 bridgehead atoms. The Hall–Kier alpha value is -0.0231. The highest BCUT2D eigenvalue weighted by Gasteiger charge is 2.07. The zero-order valence-electron chi connectivity index (χ0n) is 4.02. The van der Waals surface area contributed by atoms with E-state index < -0.39 is 14.8 Å². The van der Waals surface area contributed by atoms with Crippen LogP contribution in [0.1, 0.15) is 6.92 Å². The van der Waals surface area contributed by atoms with Crippen LogP contribution in [0.15, 0.2) is 0 Å². The van der Waals surface area contributed by atoms with Gasteiger partial charge in [0.15, 0.2) is 0 Å². The molecule has 0 spiro atoms. The van der Waals surface area contributed by atoms with E-state index in [0.717, 1.165) is 0 Å². The molecular formula is C3H7ClO2Si. The Morgan fingerprint density at radius 1 is 2.00 bits per heavy atom. The number of halogens is 1. The fraction of sp³-hybridized carbons (Fsp3) is 0.667. The van der Waals surface area contributed by atoms with Crippen LogP contribution in [-0.4, -0.2) is 19.9 Å². The molecule has 0 saturated carbocycles. The van der Waals surface area contributed by atoms with Crippen molar-refractivity contribution in [3.8, 4) is 0 Å². The zero-order chi connectivity index (χ0) is 5.86. The summed E-state index contributed by atoms with van der Waals surface area (Å²) in [5.74, 6) is -0.776. The van der Waals surface area contributed by atoms with Gasteiger partial charge in [-0.2, -0.15) is 11.1 Å². The molecular weight excluding hydrogens is 132 g/mol. The van der Waals surface area contributed by atoms with E-state index in [1.54, 1.807) is 6.92 Å². The van der Waals surface area contributed by atoms with Crippen molar-refractivity contribution in [2.75, 3.05) is 0 Å². The number of hydrogen-bond donors (Lipinski definition) is 1. The van der Waals surface area contributed by atoms with Crippen LogP contribution in [0.2, 0.25) is 5.54 Å². The average molecular weight is 139 g/mol. The fourth-order valence-corrected chi connectivity index (χ4v) is 0.594. The predicted octanol–water partition coefficient (Wildman–Crippen LogP) is 0.202. The summed E-state index contributed by atoms with van der Waals surface area (Å²) in [6, 6.07) is 0. The molecule has 1 N–H and O–H groups in total. The number of carbonyl (C=O) groups is 1. The molecule has 0 saturated heterocycles. The third-order valence-electron chi connectivity index (χ3n) is 0.653. The highest BCUT2D eigenvalue weighted by atomic mass is 35.6. The Kier molecular flexibility index (Phi) is 3.03. The summed E-state index contributed by atoms with van der Waals surface area (Å²) in [6.45, 7) is 1.63. The summed E-state index contributed by atoms with van der Waals surface area (Å²) in [4.78, 5) is 9.88. The van der Waals surface area contributed by atoms with Gasteiger partial charge in [-0.15, -0.1) is 0 Å². The molecule has 0 aliphatic heterocycles. The van der Waals surface area contributed by atoms with Gasteiger partial charge in [-0.25, -0.2) is 0 Å². The average Bonchev–Trinajstić information content (AvgIpc) is 1.65. The van der Waals surface area contributed by atoms with Crippen molar-refractivity contribution in [3.05, 3.63) is 0 Å². The summed E-state index contributed by atoms with van der Waals surface area (Å²) in [7, 11) is -0.836. The number of aliphatic carboxylic acids is 1. The summed E-state index contributed by atoms with van der Waals surface area (Å²) in [6.07, 6.45) is 0. The van der Waals surface area contributed by atoms with Gasteiger partial charge in [0, 0.05) is 0 Å². The Balaban J connectivity index is 3.34. The van der Waals surface area contributed by atoms with Crippen LogP contribution in [0.5, 0.6) is 0 Å². The van der Waals surface area contributed by atoms with Crippen molar-refractivity contribution in [1.82, 2.24) is 0 Å². The summed E-state index contributed by atoms with van der Waals surface area (Å²) < 4.78 is 0. The Morgan fingerprint density at radius 3 is 2.43 bits per heavy atom. The van der Waals surface area contributed by atoms with Crippen LogP contribution in [0.3, 0.4) is 0 Å². The van der Waals surface area contributed by atoms with Gasteiger partial charge in [-0.05, 0) is 0 Å². The van der Waals surface area contributed by atoms with Gasteiger partial charge in [0.05, 0.1) is 5.54 Å². The van der Waals surface area contributed by atoms with Crippen molar-refractivity contribution in [2.24, 2.45) is 0 Å². The van der Waals surface area contributed by atoms with E-state index in [0.29, 0.717) is 0 Å². The lowest BCUT2D eigenvalue weighted by Crippen LogP contribution is -2.06. The third kappa shape index (κ3) is 2.65. The van der Waals surface area contributed by atoms with E-state index in [4.69, 9.17) is 16.2 Å². The highest BCUT2D eigenvalue weighted by molar-refractivity contribution is 6.95. The standard InChI is InChI=1S/C3H7ClO2Si/c1-2(7-4)3(5)6/h2H,7H2,1H3,(H,5,6). The van der Waals surface area contributed by atoms with E-state index in [1.165, 1.54) is 0 Å². The van der Waals surface area contributed by atoms with E-state index in [1.807, 2.05) is 0 Å². The first kappa shape index (κ1) is 6.98. The number of hydrogen-bond acceptors (Lipinski definition) is 1. The minimum absolute atomic E-state index is 0.276. The first-order valence-corrected chi connectivity index (χ1v) is 4.92. The second-order valence-electron chi connectivity index (χ2n) is 1.39. The topological polar surface area (TPSA) is 37.3 Å². The van der Waals surface area contributed by atoms with Crippen molar-refractivity contribution in [1.29, 1.82) is 0 Å². The molecule has 0 radical (unpaired) electrons. The molecule has 2 nitrogen and oxygen atoms in total. The van der Waals surface area contributed by atoms with Crippen LogP contribution in [0, 0.1) is 0 Å². The fourth-order valence-electron chi connectivity index (χ4n) is 0.0660. The second kappa shape index (κ2) is 3.04. The molecule has 0 rings (SSSR count). The van der Waals surface area contributed by atoms with Gasteiger partial charge in [-0.1, -0.05) is 6.92 Å². The molecule has 4 heteroatoms. The summed E-state index contributed by atoms with van der Waals surface area (Å²) >= 11 is 5.31. The maximum atomic E-state index is 9.88. The lowest BCUT2D eigenvalue weighted by Gasteiger charge is -1.93. The van der Waals surface area contributed by atoms with E-state index >= 15 is 0 Å². The SMILES string of the molecule is CC([SiH2]Cl)C(=O)O. The van der Waals surface area contributed by atoms with Crippen LogP contribution in [0.4, 0.5) is 0 Å². The maximum absolute atomic E-state index is 9.88. The van der Waals surface area contributed by atoms with E-state index in [9.17, 15) is 4.79 Å². The molecule has 0 aromatic heterocycles. The van der Waals surface area contributed by atoms with Gasteiger partial charge in [0.1, 0.15) is 8.83 Å². The van der Waals surface area contributed by atoms with Crippen LogP contribution in [0.25, 0.3) is 0 Å². The minimum Gasteiger partial charge on any atom is -0.481 e. The van der Waals surface area contributed by atoms with E-state index in [-0.39, 0.29) is 5.54 Å². The van der Waals surface area contributed by atoms with Gasteiger partial charge in [0.2, 0.25) is 0 Å². The van der Waals surface area contributed by atoms with E-state index in [2.05, 4.69) is 0 Å². The van der Waals surface area contributed by atoms with Crippen molar-refractivity contribution >= 4 is 25.9 Å². The Bertz CT molecular complexity index is 75.3. The third-order valence-corrected chi connectivity index (χ3v) is 2.85. The lowest BCUT2D eigenvalue weighted by molar-refractivity contribution is -0.136. The van der Waals surface area contributed by atoms with Gasteiger partial charge >= 0.3 is 5.97 Å². The van der Waals surface area contributed by atoms with Gasteiger partial charge in [-0.3, -0.25) is 4.79 Å². The Morgan fingerprint density at radius 2 is 2.43 bits per heavy atom. The first-order valence-electron chi connectivity index (χ1n) is 1.97. The molecule has 0 amide bonds. The Labute approximate surface area is 49.0 Å². The molecule has 1 unspecified atom stereocenters. The smallest absolute Gasteiger partial charge is 0.304 e. The number of carboxylic acid groups (broad SMARTS) is 1. The molecule has 7 heavy (non-hydrogen) atoms. The molecule has 0 aromatic rings. The molecule has 42 valence electrons. The van der Waals surface area contributed by atoms with Crippen LogP contribution < -0.4 is 0 Å². The van der Waals surface area contributed by atoms with Gasteiger partial charge < -0.3 is 5.11 Å². The monoisotopic (exact) mass is 138 g/mol. The first-order chi connectivity index (χ1) is 3.18. The molecule has 1 atom stereocenters. The largest absolute Gasteiger partial charge is 0.481 e. The number of rotatable bonds is 2. The second-order valence-corrected chi connectivity index (χ2v) is 3.85. The quantitative estimate of drug-likeness (QED) is 0.438. The van der Waals surface area contributed by atoms with Crippen LogP contribution >= 0.6 is 11.1 Å². The zero-order valence-corrected chi connectivity index (χ0v) is 6.19. The molecule has 0 aliphatic carbocycles. The summed E-state index contributed by atoms with van der Waals surface area (Å²) in [5.41, 5.74) is -0.276. The van der Waals surface area contributed by atoms with Gasteiger partial charge in [0.25, 0.3) is 0 Å². The lowest BCUT2D eigenvalue weighted by atomic mass is 10.5. The number of carboxylic acids is 1. The molecule has 0 aliphatic rings. The van der Waals surface area contributed by atoms with Crippen molar-refractivity contribution in [2.45, 2.75) is 12.5 Å². The van der Waals surface area contributed by atoms with Crippen molar-refractivity contribution in [3.63, 3.8) is 0 Å². The molecule has 0 aromatic carbocycles. The predicted molar refractivity (Wildman–Crippen MR) is 31.5 cm³/mol. The molecule has 0 fully saturated rings.